The fraction of sp³-hybridized carbons (Fsp3) is 0.480. The first-order valence-electron chi connectivity index (χ1n) is 11.8. The molecule has 2 aromatic carbocycles. The van der Waals surface area contributed by atoms with Crippen molar-refractivity contribution in [2.24, 2.45) is 5.84 Å². The van der Waals surface area contributed by atoms with E-state index in [4.69, 9.17) is 10.6 Å². The van der Waals surface area contributed by atoms with Gasteiger partial charge in [0.15, 0.2) is 0 Å². The molecule has 37 heavy (non-hydrogen) atoms. The lowest BCUT2D eigenvalue weighted by atomic mass is 9.96. The van der Waals surface area contributed by atoms with Gasteiger partial charge < -0.3 is 4.74 Å². The SMILES string of the molecule is COc1ccc(C(C(=O)N(N)c2cc(C(F)(F)F)cc(C(F)(F)F)c2)N2CCN3CCC[C@@H]3C2)c(C)c1. The molecule has 2 saturated heterocycles. The molecule has 2 heterocycles. The number of nitrogens with zero attached hydrogens (tertiary/aromatic N) is 3. The van der Waals surface area contributed by atoms with E-state index in [1.807, 2.05) is 4.90 Å². The van der Waals surface area contributed by atoms with Gasteiger partial charge in [-0.15, -0.1) is 0 Å². The Bertz CT molecular complexity index is 1120. The number of nitrogens with two attached hydrogens (primary N) is 1. The Hall–Kier alpha value is -2.83. The number of carbonyl (C=O) groups is 1. The van der Waals surface area contributed by atoms with Crippen LogP contribution in [-0.2, 0) is 17.1 Å². The normalized spacial score (nSPS) is 20.0. The Labute approximate surface area is 210 Å². The molecule has 0 radical (unpaired) electrons. The molecule has 4 rings (SSSR count). The third-order valence-corrected chi connectivity index (χ3v) is 7.08. The Balaban J connectivity index is 1.76. The second-order valence-electron chi connectivity index (χ2n) is 9.42. The fourth-order valence-electron chi connectivity index (χ4n) is 5.15. The molecule has 0 bridgehead atoms. The zero-order chi connectivity index (χ0) is 27.1. The third-order valence-electron chi connectivity index (χ3n) is 7.08. The van der Waals surface area contributed by atoms with Gasteiger partial charge >= 0.3 is 12.4 Å². The number of methoxy groups -OCH3 is 1. The molecule has 0 spiro atoms. The summed E-state index contributed by atoms with van der Waals surface area (Å²) >= 11 is 0. The van der Waals surface area contributed by atoms with Crippen LogP contribution in [0.3, 0.4) is 0 Å². The number of benzene rings is 2. The first-order valence-corrected chi connectivity index (χ1v) is 11.8. The Morgan fingerprint density at radius 1 is 1.03 bits per heavy atom. The minimum atomic E-state index is -5.06. The van der Waals surface area contributed by atoms with Crippen molar-refractivity contribution in [3.63, 3.8) is 0 Å². The van der Waals surface area contributed by atoms with Gasteiger partial charge in [0.25, 0.3) is 5.91 Å². The average Bonchev–Trinajstić information content (AvgIpc) is 3.31. The molecule has 0 saturated carbocycles. The maximum Gasteiger partial charge on any atom is 0.416 e. The van der Waals surface area contributed by atoms with Crippen LogP contribution in [0.4, 0.5) is 32.0 Å². The van der Waals surface area contributed by atoms with Crippen molar-refractivity contribution in [3.05, 3.63) is 58.7 Å². The summed E-state index contributed by atoms with van der Waals surface area (Å²) in [6.07, 6.45) is -8.17. The standard InChI is InChI=1S/C25H28F6N4O2/c1-15-10-20(37-2)5-6-21(15)22(34-9-8-33-7-3-4-18(33)14-34)23(36)35(32)19-12-16(24(26,27)28)11-17(13-19)25(29,30)31/h5-6,10-13,18,22H,3-4,7-9,14,32H2,1-2H3/t18-,22?/m1/s1. The number of aryl methyl sites for hydroxylation is 1. The number of halogens is 6. The summed E-state index contributed by atoms with van der Waals surface area (Å²) in [4.78, 5) is 18.0. The van der Waals surface area contributed by atoms with Crippen molar-refractivity contribution in [1.29, 1.82) is 0 Å². The summed E-state index contributed by atoms with van der Waals surface area (Å²) in [5.41, 5.74) is -2.55. The van der Waals surface area contributed by atoms with Crippen LogP contribution in [0.5, 0.6) is 5.75 Å². The predicted octanol–water partition coefficient (Wildman–Crippen LogP) is 4.77. The number of rotatable bonds is 5. The lowest BCUT2D eigenvalue weighted by molar-refractivity contribution is -0.143. The number of carbonyl (C=O) groups excluding carboxylic acids is 1. The van der Waals surface area contributed by atoms with Crippen LogP contribution in [0.2, 0.25) is 0 Å². The van der Waals surface area contributed by atoms with Gasteiger partial charge in [0.2, 0.25) is 0 Å². The number of fused-ring (bicyclic) bond motifs is 1. The van der Waals surface area contributed by atoms with Gasteiger partial charge in [0.1, 0.15) is 11.8 Å². The summed E-state index contributed by atoms with van der Waals surface area (Å²) in [5.74, 6) is 5.73. The smallest absolute Gasteiger partial charge is 0.416 e. The lowest BCUT2D eigenvalue weighted by Gasteiger charge is -2.42. The second-order valence-corrected chi connectivity index (χ2v) is 9.42. The lowest BCUT2D eigenvalue weighted by Crippen LogP contribution is -2.55. The molecule has 1 unspecified atom stereocenters. The summed E-state index contributed by atoms with van der Waals surface area (Å²) in [7, 11) is 1.49. The number of alkyl halides is 6. The van der Waals surface area contributed by atoms with E-state index in [0.29, 0.717) is 53.7 Å². The molecule has 2 aromatic rings. The summed E-state index contributed by atoms with van der Waals surface area (Å²) in [6, 6.07) is 5.17. The van der Waals surface area contributed by atoms with Crippen molar-refractivity contribution < 1.29 is 35.9 Å². The molecule has 0 aliphatic carbocycles. The van der Waals surface area contributed by atoms with E-state index in [-0.39, 0.29) is 12.1 Å². The number of ether oxygens (including phenoxy) is 1. The van der Waals surface area contributed by atoms with E-state index < -0.39 is 41.1 Å². The van der Waals surface area contributed by atoms with E-state index >= 15 is 0 Å². The highest BCUT2D eigenvalue weighted by Crippen LogP contribution is 2.39. The van der Waals surface area contributed by atoms with E-state index in [9.17, 15) is 31.1 Å². The van der Waals surface area contributed by atoms with Gasteiger partial charge in [-0.2, -0.15) is 26.3 Å². The first-order chi connectivity index (χ1) is 17.3. The monoisotopic (exact) mass is 530 g/mol. The van der Waals surface area contributed by atoms with E-state index in [1.54, 1.807) is 25.1 Å². The van der Waals surface area contributed by atoms with Gasteiger partial charge in [-0.25, -0.2) is 10.9 Å². The third kappa shape index (κ3) is 5.70. The first kappa shape index (κ1) is 27.2. The minimum absolute atomic E-state index is 0.00619. The molecule has 2 atom stereocenters. The zero-order valence-corrected chi connectivity index (χ0v) is 20.4. The maximum atomic E-state index is 13.8. The number of hydrogen-bond acceptors (Lipinski definition) is 5. The molecular weight excluding hydrogens is 502 g/mol. The molecular formula is C25H28F6N4O2. The zero-order valence-electron chi connectivity index (χ0n) is 20.4. The van der Waals surface area contributed by atoms with Crippen LogP contribution in [0.1, 0.15) is 41.1 Å². The van der Waals surface area contributed by atoms with Crippen molar-refractivity contribution in [3.8, 4) is 5.75 Å². The Morgan fingerprint density at radius 3 is 2.24 bits per heavy atom. The van der Waals surface area contributed by atoms with Gasteiger partial charge in [0.05, 0.1) is 23.9 Å². The number of amides is 1. The van der Waals surface area contributed by atoms with E-state index in [0.717, 1.165) is 19.4 Å². The maximum absolute atomic E-state index is 13.8. The second kappa shape index (κ2) is 10.1. The largest absolute Gasteiger partial charge is 0.497 e. The number of hydrogen-bond donors (Lipinski definition) is 1. The molecule has 2 aliphatic rings. The van der Waals surface area contributed by atoms with Gasteiger partial charge in [-0.1, -0.05) is 6.07 Å². The molecule has 6 nitrogen and oxygen atoms in total. The summed E-state index contributed by atoms with van der Waals surface area (Å²) in [5, 5.41) is 0.403. The van der Waals surface area contributed by atoms with E-state index in [2.05, 4.69) is 4.90 Å². The molecule has 12 heteroatoms. The average molecular weight is 531 g/mol. The van der Waals surface area contributed by atoms with Crippen molar-refractivity contribution in [2.45, 2.75) is 44.2 Å². The molecule has 1 amide bonds. The Morgan fingerprint density at radius 2 is 1.68 bits per heavy atom. The predicted molar refractivity (Wildman–Crippen MR) is 125 cm³/mol. The number of piperazine rings is 1. The van der Waals surface area contributed by atoms with Crippen LogP contribution < -0.4 is 15.6 Å². The topological polar surface area (TPSA) is 62.0 Å². The molecule has 2 N–H and O–H groups in total. The highest BCUT2D eigenvalue weighted by molar-refractivity contribution is 5.97. The van der Waals surface area contributed by atoms with Crippen LogP contribution in [0, 0.1) is 6.92 Å². The van der Waals surface area contributed by atoms with Crippen molar-refractivity contribution >= 4 is 11.6 Å². The minimum Gasteiger partial charge on any atom is -0.497 e. The number of hydrazine groups is 1. The molecule has 202 valence electrons. The van der Waals surface area contributed by atoms with Crippen LogP contribution >= 0.6 is 0 Å². The van der Waals surface area contributed by atoms with Gasteiger partial charge in [-0.05, 0) is 67.8 Å². The van der Waals surface area contributed by atoms with Crippen molar-refractivity contribution in [2.75, 3.05) is 38.3 Å². The molecule has 2 aliphatic heterocycles. The summed E-state index contributed by atoms with van der Waals surface area (Å²) in [6.45, 7) is 4.41. The van der Waals surface area contributed by atoms with Crippen molar-refractivity contribution in [1.82, 2.24) is 9.80 Å². The number of anilines is 1. The van der Waals surface area contributed by atoms with Crippen LogP contribution in [0.15, 0.2) is 36.4 Å². The van der Waals surface area contributed by atoms with E-state index in [1.165, 1.54) is 7.11 Å². The fourth-order valence-corrected chi connectivity index (χ4v) is 5.15. The highest BCUT2D eigenvalue weighted by Gasteiger charge is 2.41. The van der Waals surface area contributed by atoms with Crippen LogP contribution in [-0.4, -0.2) is 55.0 Å². The van der Waals surface area contributed by atoms with Gasteiger partial charge in [0, 0.05) is 25.7 Å². The highest BCUT2D eigenvalue weighted by atomic mass is 19.4. The van der Waals surface area contributed by atoms with Gasteiger partial charge in [-0.3, -0.25) is 14.6 Å². The Kier molecular flexibility index (Phi) is 7.46. The van der Waals surface area contributed by atoms with Crippen LogP contribution in [0.25, 0.3) is 0 Å². The quantitative estimate of drug-likeness (QED) is 0.261. The molecule has 2 fully saturated rings. The summed E-state index contributed by atoms with van der Waals surface area (Å²) < 4.78 is 85.8. The molecule has 0 aromatic heterocycles.